The van der Waals surface area contributed by atoms with Crippen LogP contribution in [0.4, 0.5) is 0 Å². The zero-order valence-electron chi connectivity index (χ0n) is 13.8. The van der Waals surface area contributed by atoms with E-state index in [0.29, 0.717) is 12.3 Å². The largest absolute Gasteiger partial charge is 0.496 e. The Morgan fingerprint density at radius 1 is 1.17 bits per heavy atom. The van der Waals surface area contributed by atoms with E-state index < -0.39 is 0 Å². The van der Waals surface area contributed by atoms with Gasteiger partial charge in [0.1, 0.15) is 5.75 Å². The van der Waals surface area contributed by atoms with Crippen LogP contribution in [0, 0.1) is 0 Å². The second-order valence-electron chi connectivity index (χ2n) is 5.50. The van der Waals surface area contributed by atoms with E-state index in [0.717, 1.165) is 16.2 Å². The summed E-state index contributed by atoms with van der Waals surface area (Å²) < 4.78 is 7.39. The summed E-state index contributed by atoms with van der Waals surface area (Å²) in [6.07, 6.45) is 2.07. The average Bonchev–Trinajstić information content (AvgIpc) is 2.95. The smallest absolute Gasteiger partial charge is 0.230 e. The molecule has 0 aliphatic carbocycles. The van der Waals surface area contributed by atoms with Crippen LogP contribution in [0.2, 0.25) is 0 Å². The van der Waals surface area contributed by atoms with Gasteiger partial charge < -0.3 is 14.6 Å². The van der Waals surface area contributed by atoms with Gasteiger partial charge in [0.05, 0.1) is 12.9 Å². The van der Waals surface area contributed by atoms with Crippen molar-refractivity contribution in [2.75, 3.05) is 12.9 Å². The Balaban J connectivity index is 1.59. The Hall–Kier alpha value is -2.40. The van der Waals surface area contributed by atoms with Crippen molar-refractivity contribution >= 4 is 28.6 Å². The van der Waals surface area contributed by atoms with Gasteiger partial charge in [-0.05, 0) is 12.1 Å². The highest BCUT2D eigenvalue weighted by Crippen LogP contribution is 2.29. The lowest BCUT2D eigenvalue weighted by molar-refractivity contribution is -0.118. The molecule has 4 nitrogen and oxygen atoms in total. The Kier molecular flexibility index (Phi) is 5.11. The van der Waals surface area contributed by atoms with E-state index in [4.69, 9.17) is 4.74 Å². The first-order chi connectivity index (χ1) is 11.7. The fraction of sp³-hybridized carbons (Fsp3) is 0.211. The van der Waals surface area contributed by atoms with Crippen LogP contribution in [0.5, 0.6) is 5.75 Å². The molecule has 0 aliphatic rings. The monoisotopic (exact) mass is 340 g/mol. The van der Waals surface area contributed by atoms with Crippen LogP contribution in [0.1, 0.15) is 5.56 Å². The number of rotatable bonds is 6. The number of ether oxygens (including phenoxy) is 1. The molecular formula is C19H20N2O2S. The molecule has 1 N–H and O–H groups in total. The number of nitrogens with one attached hydrogen (secondary N) is 1. The summed E-state index contributed by atoms with van der Waals surface area (Å²) in [7, 11) is 3.66. The number of benzene rings is 2. The minimum atomic E-state index is 0.0128. The van der Waals surface area contributed by atoms with Gasteiger partial charge in [0.2, 0.25) is 5.91 Å². The quantitative estimate of drug-likeness (QED) is 0.697. The Morgan fingerprint density at radius 2 is 1.92 bits per heavy atom. The maximum Gasteiger partial charge on any atom is 0.230 e. The summed E-state index contributed by atoms with van der Waals surface area (Å²) in [5.41, 5.74) is 2.15. The molecule has 0 bridgehead atoms. The molecule has 0 atom stereocenters. The normalized spacial score (nSPS) is 10.8. The number of hydrogen-bond acceptors (Lipinski definition) is 3. The molecule has 3 aromatic rings. The molecule has 0 spiro atoms. The molecule has 0 radical (unpaired) electrons. The molecule has 0 unspecified atom stereocenters. The second kappa shape index (κ2) is 7.45. The fourth-order valence-corrected chi connectivity index (χ4v) is 3.61. The minimum absolute atomic E-state index is 0.0128. The lowest BCUT2D eigenvalue weighted by atomic mass is 10.2. The molecule has 5 heteroatoms. The highest BCUT2D eigenvalue weighted by molar-refractivity contribution is 8.00. The number of hydrogen-bond donors (Lipinski definition) is 1. The average molecular weight is 340 g/mol. The number of nitrogens with zero attached hydrogens (tertiary/aromatic N) is 1. The second-order valence-corrected chi connectivity index (χ2v) is 6.52. The number of carbonyl (C=O) groups excluding carboxylic acids is 1. The first-order valence-electron chi connectivity index (χ1n) is 7.74. The lowest BCUT2D eigenvalue weighted by Gasteiger charge is -2.09. The van der Waals surface area contributed by atoms with Crippen LogP contribution >= 0.6 is 11.8 Å². The van der Waals surface area contributed by atoms with Crippen molar-refractivity contribution in [3.8, 4) is 5.75 Å². The van der Waals surface area contributed by atoms with Crippen molar-refractivity contribution in [3.05, 3.63) is 60.3 Å². The molecule has 0 fully saturated rings. The standard InChI is InChI=1S/C19H20N2O2S/c1-21-12-18(15-8-4-5-9-16(15)21)24-13-19(22)20-11-14-7-3-6-10-17(14)23-2/h3-10,12H,11,13H2,1-2H3,(H,20,22). The van der Waals surface area contributed by atoms with E-state index in [1.54, 1.807) is 18.9 Å². The number of amides is 1. The molecule has 24 heavy (non-hydrogen) atoms. The predicted molar refractivity (Wildman–Crippen MR) is 98.5 cm³/mol. The lowest BCUT2D eigenvalue weighted by Crippen LogP contribution is -2.24. The molecular weight excluding hydrogens is 320 g/mol. The summed E-state index contributed by atoms with van der Waals surface area (Å²) in [5, 5.41) is 4.14. The van der Waals surface area contributed by atoms with Gasteiger partial charge >= 0.3 is 0 Å². The third-order valence-electron chi connectivity index (χ3n) is 3.89. The molecule has 0 aliphatic heterocycles. The summed E-state index contributed by atoms with van der Waals surface area (Å²) in [6, 6.07) is 15.9. The zero-order valence-corrected chi connectivity index (χ0v) is 14.6. The third kappa shape index (κ3) is 3.57. The maximum absolute atomic E-state index is 12.2. The molecule has 1 heterocycles. The summed E-state index contributed by atoms with van der Waals surface area (Å²) >= 11 is 1.56. The Morgan fingerprint density at radius 3 is 2.75 bits per heavy atom. The fourth-order valence-electron chi connectivity index (χ4n) is 2.66. The van der Waals surface area contributed by atoms with Gasteiger partial charge in [0.25, 0.3) is 0 Å². The van der Waals surface area contributed by atoms with Crippen LogP contribution in [-0.2, 0) is 18.4 Å². The number of fused-ring (bicyclic) bond motifs is 1. The van der Waals surface area contributed by atoms with Crippen LogP contribution in [-0.4, -0.2) is 23.3 Å². The number of para-hydroxylation sites is 2. The van der Waals surface area contributed by atoms with Crippen molar-refractivity contribution < 1.29 is 9.53 Å². The van der Waals surface area contributed by atoms with E-state index in [2.05, 4.69) is 28.2 Å². The Labute approximate surface area is 145 Å². The van der Waals surface area contributed by atoms with Crippen molar-refractivity contribution in [1.82, 2.24) is 9.88 Å². The molecule has 124 valence electrons. The Bertz CT molecular complexity index is 857. The molecule has 0 saturated carbocycles. The highest BCUT2D eigenvalue weighted by Gasteiger charge is 2.10. The van der Waals surface area contributed by atoms with E-state index in [-0.39, 0.29) is 5.91 Å². The first kappa shape index (κ1) is 16.5. The van der Waals surface area contributed by atoms with E-state index >= 15 is 0 Å². The summed E-state index contributed by atoms with van der Waals surface area (Å²) in [4.78, 5) is 13.3. The zero-order chi connectivity index (χ0) is 16.9. The summed E-state index contributed by atoms with van der Waals surface area (Å²) in [5.74, 6) is 1.20. The number of carbonyl (C=O) groups is 1. The number of aromatic nitrogens is 1. The van der Waals surface area contributed by atoms with Crippen LogP contribution in [0.15, 0.2) is 59.6 Å². The van der Waals surface area contributed by atoms with Gasteiger partial charge in [-0.25, -0.2) is 0 Å². The highest BCUT2D eigenvalue weighted by atomic mass is 32.2. The van der Waals surface area contributed by atoms with Crippen molar-refractivity contribution in [2.45, 2.75) is 11.4 Å². The minimum Gasteiger partial charge on any atom is -0.496 e. The molecule has 0 saturated heterocycles. The van der Waals surface area contributed by atoms with Gasteiger partial charge in [-0.15, -0.1) is 11.8 Å². The summed E-state index contributed by atoms with van der Waals surface area (Å²) in [6.45, 7) is 0.471. The third-order valence-corrected chi connectivity index (χ3v) is 4.93. The van der Waals surface area contributed by atoms with Crippen molar-refractivity contribution in [1.29, 1.82) is 0 Å². The molecule has 1 amide bonds. The van der Waals surface area contributed by atoms with Gasteiger partial charge in [-0.3, -0.25) is 4.79 Å². The topological polar surface area (TPSA) is 43.3 Å². The SMILES string of the molecule is COc1ccccc1CNC(=O)CSc1cn(C)c2ccccc12. The van der Waals surface area contributed by atoms with Gasteiger partial charge in [-0.2, -0.15) is 0 Å². The first-order valence-corrected chi connectivity index (χ1v) is 8.73. The van der Waals surface area contributed by atoms with Crippen LogP contribution < -0.4 is 10.1 Å². The predicted octanol–water partition coefficient (Wildman–Crippen LogP) is 3.60. The van der Waals surface area contributed by atoms with Gasteiger partial charge in [0, 0.05) is 41.2 Å². The van der Waals surface area contributed by atoms with Gasteiger partial charge in [-0.1, -0.05) is 36.4 Å². The van der Waals surface area contributed by atoms with E-state index in [9.17, 15) is 4.79 Å². The van der Waals surface area contributed by atoms with Crippen molar-refractivity contribution in [3.63, 3.8) is 0 Å². The molecule has 2 aromatic carbocycles. The number of thioether (sulfide) groups is 1. The van der Waals surface area contributed by atoms with Gasteiger partial charge in [0.15, 0.2) is 0 Å². The molecule has 3 rings (SSSR count). The van der Waals surface area contributed by atoms with Crippen molar-refractivity contribution in [2.24, 2.45) is 7.05 Å². The maximum atomic E-state index is 12.2. The van der Waals surface area contributed by atoms with Crippen LogP contribution in [0.3, 0.4) is 0 Å². The van der Waals surface area contributed by atoms with Crippen LogP contribution in [0.25, 0.3) is 10.9 Å². The number of methoxy groups -OCH3 is 1. The number of aryl methyl sites for hydroxylation is 1. The molecule has 1 aromatic heterocycles. The van der Waals surface area contributed by atoms with E-state index in [1.807, 2.05) is 43.4 Å². The van der Waals surface area contributed by atoms with E-state index in [1.165, 1.54) is 10.9 Å².